The van der Waals surface area contributed by atoms with E-state index < -0.39 is 6.36 Å². The lowest BCUT2D eigenvalue weighted by atomic mass is 10.3. The average molecular weight is 412 g/mol. The fraction of sp³-hybridized carbons (Fsp3) is 0.375. The summed E-state index contributed by atoms with van der Waals surface area (Å²) in [5.41, 5.74) is 0.430. The van der Waals surface area contributed by atoms with E-state index in [2.05, 4.69) is 25.7 Å². The predicted octanol–water partition coefficient (Wildman–Crippen LogP) is 3.49. The van der Waals surface area contributed by atoms with Crippen LogP contribution in [0.3, 0.4) is 0 Å². The third-order valence-electron chi connectivity index (χ3n) is 1.53. The first kappa shape index (κ1) is 13.8. The van der Waals surface area contributed by atoms with Gasteiger partial charge >= 0.3 is 6.36 Å². The van der Waals surface area contributed by atoms with Crippen molar-refractivity contribution in [3.05, 3.63) is 15.3 Å². The topological polar surface area (TPSA) is 31.4 Å². The van der Waals surface area contributed by atoms with Crippen molar-refractivity contribution < 1.29 is 22.6 Å². The monoisotopic (exact) mass is 411 g/mol. The molecule has 0 aromatic carbocycles. The second kappa shape index (κ2) is 5.39. The molecule has 0 unspecified atom stereocenters. The molecule has 0 N–H and O–H groups in total. The lowest BCUT2D eigenvalue weighted by Crippen LogP contribution is -2.18. The second-order valence-corrected chi connectivity index (χ2v) is 4.24. The molecule has 0 amide bonds. The van der Waals surface area contributed by atoms with Crippen molar-refractivity contribution in [2.24, 2.45) is 0 Å². The number of aromatic nitrogens is 1. The minimum Gasteiger partial charge on any atom is -0.481 e. The fourth-order valence-corrected chi connectivity index (χ4v) is 2.43. The zero-order valence-corrected chi connectivity index (χ0v) is 11.7. The summed E-state index contributed by atoms with van der Waals surface area (Å²) < 4.78 is 45.2. The van der Waals surface area contributed by atoms with E-state index in [1.54, 1.807) is 22.6 Å². The number of hydrogen-bond donors (Lipinski definition) is 0. The molecule has 0 aliphatic heterocycles. The molecular formula is C8H6BrF3INO2. The van der Waals surface area contributed by atoms with Gasteiger partial charge in [-0.3, -0.25) is 0 Å². The molecule has 0 spiro atoms. The molecule has 16 heavy (non-hydrogen) atoms. The van der Waals surface area contributed by atoms with Crippen molar-refractivity contribution in [3.63, 3.8) is 0 Å². The van der Waals surface area contributed by atoms with Gasteiger partial charge in [-0.1, -0.05) is 15.9 Å². The predicted molar refractivity (Wildman–Crippen MR) is 62.8 cm³/mol. The molecule has 0 bridgehead atoms. The Bertz CT molecular complexity index is 386. The van der Waals surface area contributed by atoms with Crippen LogP contribution in [0.1, 0.15) is 5.69 Å². The first-order chi connectivity index (χ1) is 7.37. The van der Waals surface area contributed by atoms with E-state index in [1.165, 1.54) is 7.11 Å². The number of alkyl halides is 4. The quantitative estimate of drug-likeness (QED) is 0.563. The highest BCUT2D eigenvalue weighted by Crippen LogP contribution is 2.32. The Morgan fingerprint density at radius 2 is 2.12 bits per heavy atom. The number of rotatable bonds is 3. The van der Waals surface area contributed by atoms with Crippen LogP contribution in [0.2, 0.25) is 0 Å². The molecule has 8 heteroatoms. The normalized spacial score (nSPS) is 11.4. The summed E-state index contributed by atoms with van der Waals surface area (Å²) in [6, 6.07) is 1.10. The zero-order chi connectivity index (χ0) is 12.3. The Kier molecular flexibility index (Phi) is 4.65. The highest BCUT2D eigenvalue weighted by molar-refractivity contribution is 14.1. The molecule has 0 atom stereocenters. The van der Waals surface area contributed by atoms with Gasteiger partial charge in [0.05, 0.1) is 16.4 Å². The lowest BCUT2D eigenvalue weighted by molar-refractivity contribution is -0.275. The SMILES string of the molecule is COc1cc(OC(F)(F)F)c(I)c(CBr)n1. The van der Waals surface area contributed by atoms with Crippen LogP contribution in [-0.2, 0) is 5.33 Å². The van der Waals surface area contributed by atoms with E-state index in [0.29, 0.717) is 14.6 Å². The Labute approximate surface area is 112 Å². The number of pyridine rings is 1. The summed E-state index contributed by atoms with van der Waals surface area (Å²) in [7, 11) is 1.32. The Hall–Kier alpha value is -0.250. The highest BCUT2D eigenvalue weighted by Gasteiger charge is 2.32. The summed E-state index contributed by atoms with van der Waals surface area (Å²) >= 11 is 4.87. The van der Waals surface area contributed by atoms with Crippen molar-refractivity contribution in [1.82, 2.24) is 4.98 Å². The first-order valence-electron chi connectivity index (χ1n) is 3.92. The van der Waals surface area contributed by atoms with Crippen LogP contribution in [0.4, 0.5) is 13.2 Å². The van der Waals surface area contributed by atoms with Gasteiger partial charge in [-0.2, -0.15) is 0 Å². The van der Waals surface area contributed by atoms with Gasteiger partial charge in [-0.05, 0) is 22.6 Å². The van der Waals surface area contributed by atoms with E-state index >= 15 is 0 Å². The van der Waals surface area contributed by atoms with Crippen LogP contribution in [0.15, 0.2) is 6.07 Å². The van der Waals surface area contributed by atoms with Crippen molar-refractivity contribution in [1.29, 1.82) is 0 Å². The van der Waals surface area contributed by atoms with Crippen LogP contribution in [0.5, 0.6) is 11.6 Å². The molecule has 0 fully saturated rings. The van der Waals surface area contributed by atoms with Gasteiger partial charge < -0.3 is 9.47 Å². The van der Waals surface area contributed by atoms with Crippen LogP contribution in [-0.4, -0.2) is 18.5 Å². The minimum absolute atomic E-state index is 0.0779. The third-order valence-corrected chi connectivity index (χ3v) is 3.22. The zero-order valence-electron chi connectivity index (χ0n) is 7.94. The molecule has 90 valence electrons. The maximum atomic E-state index is 12.1. The van der Waals surface area contributed by atoms with E-state index in [4.69, 9.17) is 4.74 Å². The molecule has 0 saturated carbocycles. The van der Waals surface area contributed by atoms with Crippen molar-refractivity contribution >= 4 is 38.5 Å². The Balaban J connectivity index is 3.16. The molecule has 0 saturated heterocycles. The van der Waals surface area contributed by atoms with Crippen LogP contribution < -0.4 is 9.47 Å². The standard InChI is InChI=1S/C8H6BrF3INO2/c1-15-6-2-5(16-8(10,11)12)7(13)4(3-9)14-6/h2H,3H2,1H3. The van der Waals surface area contributed by atoms with E-state index in [9.17, 15) is 13.2 Å². The van der Waals surface area contributed by atoms with Crippen molar-refractivity contribution in [2.75, 3.05) is 7.11 Å². The smallest absolute Gasteiger partial charge is 0.481 e. The third kappa shape index (κ3) is 3.65. The molecular weight excluding hydrogens is 406 g/mol. The van der Waals surface area contributed by atoms with Gasteiger partial charge in [0.15, 0.2) is 0 Å². The summed E-state index contributed by atoms with van der Waals surface area (Å²) in [5.74, 6) is -0.233. The molecule has 3 nitrogen and oxygen atoms in total. The molecule has 0 aliphatic rings. The van der Waals surface area contributed by atoms with E-state index in [0.717, 1.165) is 6.07 Å². The first-order valence-corrected chi connectivity index (χ1v) is 6.12. The second-order valence-electron chi connectivity index (χ2n) is 2.60. The van der Waals surface area contributed by atoms with Gasteiger partial charge in [0, 0.05) is 11.4 Å². The maximum absolute atomic E-state index is 12.1. The maximum Gasteiger partial charge on any atom is 0.573 e. The van der Waals surface area contributed by atoms with Crippen LogP contribution >= 0.6 is 38.5 Å². The van der Waals surface area contributed by atoms with Crippen molar-refractivity contribution in [2.45, 2.75) is 11.7 Å². The Morgan fingerprint density at radius 3 is 2.56 bits per heavy atom. The van der Waals surface area contributed by atoms with E-state index in [1.807, 2.05) is 0 Å². The summed E-state index contributed by atoms with van der Waals surface area (Å²) in [6.45, 7) is 0. The van der Waals surface area contributed by atoms with E-state index in [-0.39, 0.29) is 11.6 Å². The number of methoxy groups -OCH3 is 1. The largest absolute Gasteiger partial charge is 0.573 e. The minimum atomic E-state index is -4.73. The average Bonchev–Trinajstić information content (AvgIpc) is 2.19. The highest BCUT2D eigenvalue weighted by atomic mass is 127. The van der Waals surface area contributed by atoms with Gasteiger partial charge in [0.2, 0.25) is 5.88 Å². The number of halogens is 5. The lowest BCUT2D eigenvalue weighted by Gasteiger charge is -2.13. The van der Waals surface area contributed by atoms with Crippen LogP contribution in [0.25, 0.3) is 0 Å². The van der Waals surface area contributed by atoms with Gasteiger partial charge in [0.1, 0.15) is 5.75 Å². The van der Waals surface area contributed by atoms with Crippen LogP contribution in [0, 0.1) is 3.57 Å². The molecule has 0 radical (unpaired) electrons. The molecule has 1 aromatic rings. The summed E-state index contributed by atoms with van der Waals surface area (Å²) in [6.07, 6.45) is -4.73. The number of nitrogens with zero attached hydrogens (tertiary/aromatic N) is 1. The number of ether oxygens (including phenoxy) is 2. The fourth-order valence-electron chi connectivity index (χ4n) is 0.924. The molecule has 1 rings (SSSR count). The van der Waals surface area contributed by atoms with Gasteiger partial charge in [-0.15, -0.1) is 13.2 Å². The molecule has 0 aliphatic carbocycles. The molecule has 1 heterocycles. The molecule has 1 aromatic heterocycles. The number of hydrogen-bond acceptors (Lipinski definition) is 3. The van der Waals surface area contributed by atoms with Gasteiger partial charge in [0.25, 0.3) is 0 Å². The van der Waals surface area contributed by atoms with Gasteiger partial charge in [-0.25, -0.2) is 4.98 Å². The Morgan fingerprint density at radius 1 is 1.50 bits per heavy atom. The van der Waals surface area contributed by atoms with Crippen molar-refractivity contribution in [3.8, 4) is 11.6 Å². The summed E-state index contributed by atoms with van der Waals surface area (Å²) in [4.78, 5) is 3.98. The summed E-state index contributed by atoms with van der Waals surface area (Å²) in [5, 5.41) is 0.316.